The number of ether oxygens (including phenoxy) is 1. The number of hydrogen-bond acceptors (Lipinski definition) is 3. The maximum absolute atomic E-state index is 11.6. The molecular formula is C13H10ClNO2. The molecule has 0 spiro atoms. The standard InChI is InChI=1S/C13H10ClNO2/c1-17-13(16)12-11(3-2-8-15-12)9-4-6-10(14)7-5-9/h2-8H,1H3. The first-order chi connectivity index (χ1) is 8.22. The van der Waals surface area contributed by atoms with Crippen LogP contribution >= 0.6 is 11.6 Å². The van der Waals surface area contributed by atoms with Crippen LogP contribution in [0.15, 0.2) is 42.6 Å². The van der Waals surface area contributed by atoms with Crippen LogP contribution in [0.2, 0.25) is 5.02 Å². The average Bonchev–Trinajstić information content (AvgIpc) is 2.39. The van der Waals surface area contributed by atoms with Crippen LogP contribution in [0.1, 0.15) is 10.5 Å². The Morgan fingerprint density at radius 2 is 1.94 bits per heavy atom. The SMILES string of the molecule is COC(=O)c1ncccc1-c1ccc(Cl)cc1. The number of methoxy groups -OCH3 is 1. The summed E-state index contributed by atoms with van der Waals surface area (Å²) in [6.45, 7) is 0. The Kier molecular flexibility index (Phi) is 3.40. The molecule has 0 saturated carbocycles. The van der Waals surface area contributed by atoms with Gasteiger partial charge < -0.3 is 4.74 Å². The number of rotatable bonds is 2. The highest BCUT2D eigenvalue weighted by atomic mass is 35.5. The highest BCUT2D eigenvalue weighted by Gasteiger charge is 2.13. The predicted molar refractivity (Wildman–Crippen MR) is 66.0 cm³/mol. The molecule has 17 heavy (non-hydrogen) atoms. The molecule has 1 aromatic heterocycles. The van der Waals surface area contributed by atoms with Gasteiger partial charge in [-0.3, -0.25) is 0 Å². The lowest BCUT2D eigenvalue weighted by molar-refractivity contribution is 0.0595. The van der Waals surface area contributed by atoms with Crippen LogP contribution in [0.3, 0.4) is 0 Å². The van der Waals surface area contributed by atoms with Gasteiger partial charge in [-0.05, 0) is 23.8 Å². The molecular weight excluding hydrogens is 238 g/mol. The average molecular weight is 248 g/mol. The number of pyridine rings is 1. The van der Waals surface area contributed by atoms with Crippen LogP contribution in [0.25, 0.3) is 11.1 Å². The van der Waals surface area contributed by atoms with Crippen LogP contribution in [-0.2, 0) is 4.74 Å². The molecule has 2 aromatic rings. The lowest BCUT2D eigenvalue weighted by atomic mass is 10.0. The van der Waals surface area contributed by atoms with Gasteiger partial charge in [-0.1, -0.05) is 29.8 Å². The Bertz CT molecular complexity index is 537. The molecule has 0 unspecified atom stereocenters. The molecule has 1 heterocycles. The number of carbonyl (C=O) groups excluding carboxylic acids is 1. The van der Waals surface area contributed by atoms with Gasteiger partial charge in [0.25, 0.3) is 0 Å². The van der Waals surface area contributed by atoms with E-state index in [9.17, 15) is 4.79 Å². The van der Waals surface area contributed by atoms with E-state index < -0.39 is 5.97 Å². The smallest absolute Gasteiger partial charge is 0.357 e. The van der Waals surface area contributed by atoms with Crippen LogP contribution in [0, 0.1) is 0 Å². The summed E-state index contributed by atoms with van der Waals surface area (Å²) in [6.07, 6.45) is 1.56. The van der Waals surface area contributed by atoms with Gasteiger partial charge in [0, 0.05) is 16.8 Å². The van der Waals surface area contributed by atoms with E-state index in [1.165, 1.54) is 7.11 Å². The number of halogens is 1. The Hall–Kier alpha value is -1.87. The molecule has 1 aromatic carbocycles. The van der Waals surface area contributed by atoms with Gasteiger partial charge in [0.1, 0.15) is 0 Å². The Morgan fingerprint density at radius 1 is 1.24 bits per heavy atom. The van der Waals surface area contributed by atoms with Crippen LogP contribution < -0.4 is 0 Å². The highest BCUT2D eigenvalue weighted by Crippen LogP contribution is 2.24. The highest BCUT2D eigenvalue weighted by molar-refractivity contribution is 6.30. The Labute approximate surface area is 104 Å². The number of benzene rings is 1. The fourth-order valence-electron chi connectivity index (χ4n) is 1.53. The fourth-order valence-corrected chi connectivity index (χ4v) is 1.65. The van der Waals surface area contributed by atoms with Crippen molar-refractivity contribution in [2.24, 2.45) is 0 Å². The zero-order valence-corrected chi connectivity index (χ0v) is 9.94. The molecule has 0 atom stereocenters. The first kappa shape index (κ1) is 11.6. The van der Waals surface area contributed by atoms with Crippen molar-refractivity contribution in [2.75, 3.05) is 7.11 Å². The molecule has 4 heteroatoms. The van der Waals surface area contributed by atoms with Crippen LogP contribution in [0.5, 0.6) is 0 Å². The van der Waals surface area contributed by atoms with Crippen molar-refractivity contribution < 1.29 is 9.53 Å². The molecule has 0 bridgehead atoms. The number of aromatic nitrogens is 1. The Morgan fingerprint density at radius 3 is 2.59 bits per heavy atom. The van der Waals surface area contributed by atoms with Crippen LogP contribution in [0.4, 0.5) is 0 Å². The number of nitrogens with zero attached hydrogens (tertiary/aromatic N) is 1. The summed E-state index contributed by atoms with van der Waals surface area (Å²) in [7, 11) is 1.34. The molecule has 86 valence electrons. The molecule has 0 aliphatic heterocycles. The maximum atomic E-state index is 11.6. The van der Waals surface area contributed by atoms with Gasteiger partial charge in [0.05, 0.1) is 7.11 Å². The third-order valence-electron chi connectivity index (χ3n) is 2.34. The van der Waals surface area contributed by atoms with Gasteiger partial charge in [-0.15, -0.1) is 0 Å². The molecule has 0 radical (unpaired) electrons. The van der Waals surface area contributed by atoms with E-state index in [-0.39, 0.29) is 0 Å². The molecule has 0 saturated heterocycles. The zero-order valence-electron chi connectivity index (χ0n) is 9.18. The molecule has 2 rings (SSSR count). The summed E-state index contributed by atoms with van der Waals surface area (Å²) < 4.78 is 4.69. The van der Waals surface area contributed by atoms with Gasteiger partial charge in [-0.25, -0.2) is 9.78 Å². The van der Waals surface area contributed by atoms with E-state index in [0.29, 0.717) is 10.7 Å². The van der Waals surface area contributed by atoms with Gasteiger partial charge in [0.15, 0.2) is 5.69 Å². The van der Waals surface area contributed by atoms with E-state index in [1.807, 2.05) is 18.2 Å². The molecule has 0 amide bonds. The van der Waals surface area contributed by atoms with Crippen molar-refractivity contribution in [3.8, 4) is 11.1 Å². The third kappa shape index (κ3) is 2.45. The second-order valence-corrected chi connectivity index (χ2v) is 3.83. The number of carbonyl (C=O) groups is 1. The predicted octanol–water partition coefficient (Wildman–Crippen LogP) is 3.19. The first-order valence-electron chi connectivity index (χ1n) is 5.01. The summed E-state index contributed by atoms with van der Waals surface area (Å²) in [5.74, 6) is -0.449. The monoisotopic (exact) mass is 247 g/mol. The summed E-state index contributed by atoms with van der Waals surface area (Å²) in [4.78, 5) is 15.6. The summed E-state index contributed by atoms with van der Waals surface area (Å²) in [5, 5.41) is 0.650. The normalized spacial score (nSPS) is 10.0. The summed E-state index contributed by atoms with van der Waals surface area (Å²) in [6, 6.07) is 10.8. The molecule has 0 fully saturated rings. The van der Waals surface area contributed by atoms with E-state index >= 15 is 0 Å². The van der Waals surface area contributed by atoms with E-state index in [4.69, 9.17) is 16.3 Å². The largest absolute Gasteiger partial charge is 0.464 e. The second kappa shape index (κ2) is 4.97. The van der Waals surface area contributed by atoms with Crippen molar-refractivity contribution in [3.63, 3.8) is 0 Å². The van der Waals surface area contributed by atoms with E-state index in [0.717, 1.165) is 11.1 Å². The minimum atomic E-state index is -0.449. The third-order valence-corrected chi connectivity index (χ3v) is 2.59. The van der Waals surface area contributed by atoms with Gasteiger partial charge >= 0.3 is 5.97 Å². The minimum Gasteiger partial charge on any atom is -0.464 e. The van der Waals surface area contributed by atoms with E-state index in [2.05, 4.69) is 4.98 Å². The minimum absolute atomic E-state index is 0.303. The van der Waals surface area contributed by atoms with Crippen molar-refractivity contribution in [3.05, 3.63) is 53.3 Å². The molecule has 3 nitrogen and oxygen atoms in total. The quantitative estimate of drug-likeness (QED) is 0.765. The molecule has 0 aliphatic rings. The lowest BCUT2D eigenvalue weighted by Gasteiger charge is -2.06. The molecule has 0 aliphatic carbocycles. The van der Waals surface area contributed by atoms with Crippen molar-refractivity contribution in [1.82, 2.24) is 4.98 Å². The Balaban J connectivity index is 2.51. The number of esters is 1. The van der Waals surface area contributed by atoms with E-state index in [1.54, 1.807) is 24.4 Å². The van der Waals surface area contributed by atoms with Crippen LogP contribution in [-0.4, -0.2) is 18.1 Å². The van der Waals surface area contributed by atoms with Crippen molar-refractivity contribution >= 4 is 17.6 Å². The summed E-state index contributed by atoms with van der Waals surface area (Å²) >= 11 is 5.82. The topological polar surface area (TPSA) is 39.2 Å². The fraction of sp³-hybridized carbons (Fsp3) is 0.0769. The van der Waals surface area contributed by atoms with Crippen molar-refractivity contribution in [2.45, 2.75) is 0 Å². The molecule has 0 N–H and O–H groups in total. The van der Waals surface area contributed by atoms with Crippen molar-refractivity contribution in [1.29, 1.82) is 0 Å². The van der Waals surface area contributed by atoms with Gasteiger partial charge in [0.2, 0.25) is 0 Å². The lowest BCUT2D eigenvalue weighted by Crippen LogP contribution is -2.06. The second-order valence-electron chi connectivity index (χ2n) is 3.40. The first-order valence-corrected chi connectivity index (χ1v) is 5.39. The number of hydrogen-bond donors (Lipinski definition) is 0. The summed E-state index contributed by atoms with van der Waals surface area (Å²) in [5.41, 5.74) is 1.91. The maximum Gasteiger partial charge on any atom is 0.357 e. The van der Waals surface area contributed by atoms with Gasteiger partial charge in [-0.2, -0.15) is 0 Å². The zero-order chi connectivity index (χ0) is 12.3.